The lowest BCUT2D eigenvalue weighted by Crippen LogP contribution is -2.19. The van der Waals surface area contributed by atoms with E-state index in [4.69, 9.17) is 5.26 Å². The molecule has 1 aromatic heterocycles. The first kappa shape index (κ1) is 12.5. The minimum atomic E-state index is -0.132. The SMILES string of the molecule is CCc1c(SC#N)c(=O)n(-c2ccccc2)n1C. The van der Waals surface area contributed by atoms with Crippen LogP contribution in [0.3, 0.4) is 0 Å². The van der Waals surface area contributed by atoms with Crippen molar-refractivity contribution in [2.45, 2.75) is 18.2 Å². The molecular weight excluding hydrogens is 246 g/mol. The summed E-state index contributed by atoms with van der Waals surface area (Å²) in [4.78, 5) is 12.8. The van der Waals surface area contributed by atoms with Gasteiger partial charge in [0.25, 0.3) is 5.56 Å². The van der Waals surface area contributed by atoms with Crippen LogP contribution >= 0.6 is 11.8 Å². The van der Waals surface area contributed by atoms with Gasteiger partial charge in [-0.1, -0.05) is 25.1 Å². The molecule has 2 aromatic rings. The minimum absolute atomic E-state index is 0.132. The molecule has 0 N–H and O–H groups in total. The molecule has 0 aliphatic rings. The van der Waals surface area contributed by atoms with Crippen molar-refractivity contribution in [1.29, 1.82) is 5.26 Å². The highest BCUT2D eigenvalue weighted by molar-refractivity contribution is 8.03. The number of para-hydroxylation sites is 1. The Morgan fingerprint density at radius 2 is 2.00 bits per heavy atom. The van der Waals surface area contributed by atoms with E-state index < -0.39 is 0 Å². The molecule has 92 valence electrons. The fraction of sp³-hybridized carbons (Fsp3) is 0.231. The summed E-state index contributed by atoms with van der Waals surface area (Å²) >= 11 is 0.934. The highest BCUT2D eigenvalue weighted by atomic mass is 32.2. The van der Waals surface area contributed by atoms with E-state index in [0.29, 0.717) is 4.90 Å². The van der Waals surface area contributed by atoms with Gasteiger partial charge in [0.1, 0.15) is 10.3 Å². The van der Waals surface area contributed by atoms with Gasteiger partial charge in [-0.25, -0.2) is 4.68 Å². The summed E-state index contributed by atoms with van der Waals surface area (Å²) in [6.45, 7) is 1.98. The molecule has 5 heteroatoms. The van der Waals surface area contributed by atoms with Crippen LogP contribution in [0.2, 0.25) is 0 Å². The van der Waals surface area contributed by atoms with Crippen molar-refractivity contribution in [3.8, 4) is 11.1 Å². The Hall–Kier alpha value is -1.93. The number of aromatic nitrogens is 2. The summed E-state index contributed by atoms with van der Waals surface area (Å²) in [6, 6.07) is 9.43. The zero-order valence-corrected chi connectivity index (χ0v) is 11.1. The first-order valence-electron chi connectivity index (χ1n) is 5.63. The Bertz CT molecular complexity index is 649. The van der Waals surface area contributed by atoms with Gasteiger partial charge in [-0.05, 0) is 30.3 Å². The lowest BCUT2D eigenvalue weighted by molar-refractivity contribution is 0.618. The third-order valence-corrected chi connectivity index (χ3v) is 3.53. The molecule has 0 aliphatic carbocycles. The van der Waals surface area contributed by atoms with Gasteiger partial charge in [0, 0.05) is 7.05 Å². The molecule has 0 aliphatic heterocycles. The zero-order valence-electron chi connectivity index (χ0n) is 10.3. The van der Waals surface area contributed by atoms with Crippen molar-refractivity contribution in [2.24, 2.45) is 7.05 Å². The predicted octanol–water partition coefficient (Wildman–Crippen LogP) is 2.31. The van der Waals surface area contributed by atoms with Gasteiger partial charge in [-0.2, -0.15) is 5.26 Å². The maximum Gasteiger partial charge on any atom is 0.286 e. The van der Waals surface area contributed by atoms with Crippen molar-refractivity contribution in [3.05, 3.63) is 46.4 Å². The van der Waals surface area contributed by atoms with Gasteiger partial charge >= 0.3 is 0 Å². The van der Waals surface area contributed by atoms with E-state index in [9.17, 15) is 4.79 Å². The number of hydrogen-bond acceptors (Lipinski definition) is 3. The van der Waals surface area contributed by atoms with Gasteiger partial charge in [-0.15, -0.1) is 0 Å². The van der Waals surface area contributed by atoms with E-state index >= 15 is 0 Å². The number of rotatable bonds is 3. The molecule has 0 spiro atoms. The van der Waals surface area contributed by atoms with E-state index in [-0.39, 0.29) is 5.56 Å². The number of benzene rings is 1. The van der Waals surface area contributed by atoms with Crippen molar-refractivity contribution in [3.63, 3.8) is 0 Å². The van der Waals surface area contributed by atoms with Gasteiger partial charge in [0.2, 0.25) is 0 Å². The summed E-state index contributed by atoms with van der Waals surface area (Å²) < 4.78 is 3.41. The summed E-state index contributed by atoms with van der Waals surface area (Å²) in [5.41, 5.74) is 1.56. The molecule has 2 rings (SSSR count). The highest BCUT2D eigenvalue weighted by Crippen LogP contribution is 2.20. The van der Waals surface area contributed by atoms with Crippen LogP contribution < -0.4 is 5.56 Å². The highest BCUT2D eigenvalue weighted by Gasteiger charge is 2.17. The number of nitriles is 1. The molecule has 0 atom stereocenters. The molecule has 1 heterocycles. The van der Waals surface area contributed by atoms with Crippen molar-refractivity contribution in [2.75, 3.05) is 0 Å². The van der Waals surface area contributed by atoms with Crippen LogP contribution in [0.1, 0.15) is 12.6 Å². The third kappa shape index (κ3) is 1.95. The molecule has 18 heavy (non-hydrogen) atoms. The second-order valence-corrected chi connectivity index (χ2v) is 4.59. The third-order valence-electron chi connectivity index (χ3n) is 2.82. The summed E-state index contributed by atoms with van der Waals surface area (Å²) in [5.74, 6) is 0. The standard InChI is InChI=1S/C13H13N3OS/c1-3-11-12(18-9-14)13(17)16(15(11)2)10-7-5-4-6-8-10/h4-8H,3H2,1-2H3. The number of thioether (sulfide) groups is 1. The Labute approximate surface area is 109 Å². The lowest BCUT2D eigenvalue weighted by atomic mass is 10.3. The largest absolute Gasteiger partial charge is 0.286 e. The second-order valence-electron chi connectivity index (χ2n) is 3.80. The molecule has 0 fully saturated rings. The smallest absolute Gasteiger partial charge is 0.284 e. The maximum absolute atomic E-state index is 12.3. The first-order valence-corrected chi connectivity index (χ1v) is 6.44. The molecule has 0 unspecified atom stereocenters. The molecular formula is C13H13N3OS. The first-order chi connectivity index (χ1) is 8.70. The van der Waals surface area contributed by atoms with Crippen LogP contribution in [0.15, 0.2) is 40.0 Å². The average Bonchev–Trinajstić information content (AvgIpc) is 2.62. The Kier molecular flexibility index (Phi) is 3.58. The van der Waals surface area contributed by atoms with Gasteiger partial charge < -0.3 is 0 Å². The van der Waals surface area contributed by atoms with E-state index in [1.807, 2.05) is 54.4 Å². The normalized spacial score (nSPS) is 10.3. The minimum Gasteiger partial charge on any atom is -0.284 e. The van der Waals surface area contributed by atoms with Crippen LogP contribution in [0.25, 0.3) is 5.69 Å². The van der Waals surface area contributed by atoms with E-state index in [1.54, 1.807) is 4.68 Å². The molecule has 0 bridgehead atoms. The van der Waals surface area contributed by atoms with Crippen molar-refractivity contribution in [1.82, 2.24) is 9.36 Å². The van der Waals surface area contributed by atoms with Gasteiger partial charge in [-0.3, -0.25) is 9.48 Å². The summed E-state index contributed by atoms with van der Waals surface area (Å²) in [7, 11) is 1.84. The van der Waals surface area contributed by atoms with E-state index in [1.165, 1.54) is 0 Å². The molecule has 4 nitrogen and oxygen atoms in total. The topological polar surface area (TPSA) is 50.7 Å². The molecule has 0 saturated carbocycles. The monoisotopic (exact) mass is 259 g/mol. The van der Waals surface area contributed by atoms with Crippen molar-refractivity contribution >= 4 is 11.8 Å². The van der Waals surface area contributed by atoms with Crippen LogP contribution in [0, 0.1) is 10.7 Å². The molecule has 1 aromatic carbocycles. The molecule has 0 amide bonds. The fourth-order valence-electron chi connectivity index (χ4n) is 2.02. The summed E-state index contributed by atoms with van der Waals surface area (Å²) in [6.07, 6.45) is 0.718. The summed E-state index contributed by atoms with van der Waals surface area (Å²) in [5, 5.41) is 10.8. The van der Waals surface area contributed by atoms with Gasteiger partial charge in [0.15, 0.2) is 0 Å². The maximum atomic E-state index is 12.3. The Morgan fingerprint density at radius 1 is 1.33 bits per heavy atom. The fourth-order valence-corrected chi connectivity index (χ4v) is 2.68. The number of nitrogens with zero attached hydrogens (tertiary/aromatic N) is 3. The van der Waals surface area contributed by atoms with Crippen LogP contribution in [0.5, 0.6) is 0 Å². The van der Waals surface area contributed by atoms with Crippen LogP contribution in [-0.4, -0.2) is 9.36 Å². The Morgan fingerprint density at radius 3 is 2.56 bits per heavy atom. The predicted molar refractivity (Wildman–Crippen MR) is 71.9 cm³/mol. The second kappa shape index (κ2) is 5.15. The van der Waals surface area contributed by atoms with E-state index in [0.717, 1.165) is 29.6 Å². The van der Waals surface area contributed by atoms with Crippen molar-refractivity contribution < 1.29 is 0 Å². The number of thiocyanates is 1. The zero-order chi connectivity index (χ0) is 13.1. The molecule has 0 saturated heterocycles. The van der Waals surface area contributed by atoms with Crippen LogP contribution in [0.4, 0.5) is 0 Å². The molecule has 0 radical (unpaired) electrons. The van der Waals surface area contributed by atoms with E-state index in [2.05, 4.69) is 0 Å². The average molecular weight is 259 g/mol. The lowest BCUT2D eigenvalue weighted by Gasteiger charge is -2.08. The number of hydrogen-bond donors (Lipinski definition) is 0. The Balaban J connectivity index is 2.71. The quantitative estimate of drug-likeness (QED) is 0.628. The van der Waals surface area contributed by atoms with Gasteiger partial charge in [0.05, 0.1) is 11.4 Å². The van der Waals surface area contributed by atoms with Crippen LogP contribution in [-0.2, 0) is 13.5 Å².